The molecule has 1 amide bonds. The number of ketones is 1. The quantitative estimate of drug-likeness (QED) is 0.816. The fourth-order valence-electron chi connectivity index (χ4n) is 3.41. The van der Waals surface area contributed by atoms with Crippen LogP contribution >= 0.6 is 0 Å². The van der Waals surface area contributed by atoms with Gasteiger partial charge in [-0.1, -0.05) is 30.3 Å². The zero-order valence-corrected chi connectivity index (χ0v) is 11.0. The van der Waals surface area contributed by atoms with Gasteiger partial charge in [-0.15, -0.1) is 0 Å². The van der Waals surface area contributed by atoms with E-state index in [0.29, 0.717) is 25.2 Å². The predicted molar refractivity (Wildman–Crippen MR) is 72.4 cm³/mol. The number of nitrogens with zero attached hydrogens (tertiary/aromatic N) is 1. The van der Waals surface area contributed by atoms with Crippen molar-refractivity contribution >= 4 is 11.7 Å². The number of amides is 1. The summed E-state index contributed by atoms with van der Waals surface area (Å²) in [5, 5.41) is 0. The zero-order valence-electron chi connectivity index (χ0n) is 11.0. The number of benzene rings is 1. The van der Waals surface area contributed by atoms with Crippen LogP contribution in [-0.4, -0.2) is 22.6 Å². The van der Waals surface area contributed by atoms with Crippen LogP contribution in [0.5, 0.6) is 0 Å². The summed E-state index contributed by atoms with van der Waals surface area (Å²) in [6, 6.07) is 10.2. The first kappa shape index (κ1) is 12.4. The molecule has 1 aliphatic heterocycles. The van der Waals surface area contributed by atoms with Crippen LogP contribution in [0.25, 0.3) is 0 Å². The van der Waals surface area contributed by atoms with Gasteiger partial charge >= 0.3 is 0 Å². The molecule has 0 aromatic heterocycles. The van der Waals surface area contributed by atoms with Gasteiger partial charge in [0, 0.05) is 31.3 Å². The molecule has 0 N–H and O–H groups in total. The molecule has 2 atom stereocenters. The second kappa shape index (κ2) is 5.16. The molecule has 1 aromatic rings. The highest BCUT2D eigenvalue weighted by Crippen LogP contribution is 2.34. The summed E-state index contributed by atoms with van der Waals surface area (Å²) < 4.78 is 0. The third-order valence-electron chi connectivity index (χ3n) is 4.39. The number of carbonyl (C=O) groups excluding carboxylic acids is 2. The van der Waals surface area contributed by atoms with Gasteiger partial charge in [-0.2, -0.15) is 0 Å². The molecule has 19 heavy (non-hydrogen) atoms. The summed E-state index contributed by atoms with van der Waals surface area (Å²) in [6.45, 7) is 0.647. The van der Waals surface area contributed by atoms with Gasteiger partial charge < -0.3 is 4.90 Å². The Labute approximate surface area is 113 Å². The average molecular weight is 257 g/mol. The van der Waals surface area contributed by atoms with E-state index in [1.54, 1.807) is 0 Å². The highest BCUT2D eigenvalue weighted by Gasteiger charge is 2.41. The summed E-state index contributed by atoms with van der Waals surface area (Å²) >= 11 is 0. The van der Waals surface area contributed by atoms with Crippen LogP contribution in [0.1, 0.15) is 37.7 Å². The molecule has 1 saturated heterocycles. The Kier molecular flexibility index (Phi) is 3.36. The summed E-state index contributed by atoms with van der Waals surface area (Å²) in [7, 11) is 0. The minimum absolute atomic E-state index is 0.0927. The Morgan fingerprint density at radius 1 is 1.05 bits per heavy atom. The van der Waals surface area contributed by atoms with Crippen LogP contribution < -0.4 is 0 Å². The Bertz CT molecular complexity index is 483. The minimum atomic E-state index is 0.0927. The molecule has 0 spiro atoms. The third kappa shape index (κ3) is 2.42. The van der Waals surface area contributed by atoms with Gasteiger partial charge in [-0.25, -0.2) is 0 Å². The van der Waals surface area contributed by atoms with Crippen molar-refractivity contribution in [2.75, 3.05) is 0 Å². The number of likely N-dealkylation sites (tertiary alicyclic amines) is 1. The van der Waals surface area contributed by atoms with Crippen LogP contribution in [0.4, 0.5) is 0 Å². The smallest absolute Gasteiger partial charge is 0.223 e. The van der Waals surface area contributed by atoms with Crippen molar-refractivity contribution in [3.8, 4) is 0 Å². The molecule has 0 unspecified atom stereocenters. The monoisotopic (exact) mass is 257 g/mol. The number of Topliss-reactive ketones (excluding diaryl/α,β-unsaturated/α-hetero) is 1. The summed E-state index contributed by atoms with van der Waals surface area (Å²) in [5.74, 6) is 0.664. The van der Waals surface area contributed by atoms with Crippen molar-refractivity contribution in [2.24, 2.45) is 5.92 Å². The highest BCUT2D eigenvalue weighted by atomic mass is 16.2. The summed E-state index contributed by atoms with van der Waals surface area (Å²) in [5.41, 5.74) is 1.15. The molecule has 0 radical (unpaired) electrons. The van der Waals surface area contributed by atoms with E-state index in [0.717, 1.165) is 24.8 Å². The fourth-order valence-corrected chi connectivity index (χ4v) is 3.41. The lowest BCUT2D eigenvalue weighted by Gasteiger charge is -2.43. The maximum atomic E-state index is 12.2. The minimum Gasteiger partial charge on any atom is -0.335 e. The molecule has 0 bridgehead atoms. The maximum absolute atomic E-state index is 12.2. The molecule has 1 saturated carbocycles. The van der Waals surface area contributed by atoms with Crippen LogP contribution in [0.15, 0.2) is 30.3 Å². The number of hydrogen-bond acceptors (Lipinski definition) is 2. The maximum Gasteiger partial charge on any atom is 0.223 e. The van der Waals surface area contributed by atoms with Crippen LogP contribution in [0.3, 0.4) is 0 Å². The molecule has 1 aromatic carbocycles. The van der Waals surface area contributed by atoms with Crippen molar-refractivity contribution in [1.29, 1.82) is 0 Å². The van der Waals surface area contributed by atoms with Gasteiger partial charge in [0.15, 0.2) is 0 Å². The van der Waals surface area contributed by atoms with E-state index < -0.39 is 0 Å². The number of piperidine rings is 1. The Hall–Kier alpha value is -1.64. The van der Waals surface area contributed by atoms with Gasteiger partial charge in [0.25, 0.3) is 0 Å². The molecule has 100 valence electrons. The Morgan fingerprint density at radius 3 is 2.63 bits per heavy atom. The first-order valence-corrected chi connectivity index (χ1v) is 7.12. The van der Waals surface area contributed by atoms with Gasteiger partial charge in [0.2, 0.25) is 5.91 Å². The van der Waals surface area contributed by atoms with Crippen molar-refractivity contribution in [1.82, 2.24) is 4.90 Å². The lowest BCUT2D eigenvalue weighted by Crippen LogP contribution is -2.52. The normalized spacial score (nSPS) is 27.3. The van der Waals surface area contributed by atoms with Crippen LogP contribution in [-0.2, 0) is 16.1 Å². The number of fused-ring (bicyclic) bond motifs is 1. The average Bonchev–Trinajstić information content (AvgIpc) is 2.43. The second-order valence-electron chi connectivity index (χ2n) is 5.58. The lowest BCUT2D eigenvalue weighted by molar-refractivity contribution is -0.145. The molecular formula is C16H19NO2. The van der Waals surface area contributed by atoms with Gasteiger partial charge in [-0.05, 0) is 24.8 Å². The standard InChI is InChI=1S/C16H19NO2/c18-15-8-4-7-14-13(15)9-10-16(19)17(14)11-12-5-2-1-3-6-12/h1-3,5-6,13-14H,4,7-11H2/t13-,14-/m1/s1. The molecule has 3 heteroatoms. The Balaban J connectivity index is 1.81. The van der Waals surface area contributed by atoms with E-state index in [-0.39, 0.29) is 17.9 Å². The van der Waals surface area contributed by atoms with Gasteiger partial charge in [0.05, 0.1) is 0 Å². The first-order chi connectivity index (χ1) is 9.25. The van der Waals surface area contributed by atoms with E-state index in [2.05, 4.69) is 0 Å². The summed E-state index contributed by atoms with van der Waals surface area (Å²) in [4.78, 5) is 26.1. The molecule has 1 aliphatic carbocycles. The van der Waals surface area contributed by atoms with Gasteiger partial charge in [-0.3, -0.25) is 9.59 Å². The first-order valence-electron chi connectivity index (χ1n) is 7.12. The second-order valence-corrected chi connectivity index (χ2v) is 5.58. The van der Waals surface area contributed by atoms with Crippen LogP contribution in [0, 0.1) is 5.92 Å². The predicted octanol–water partition coefficient (Wildman–Crippen LogP) is 2.55. The van der Waals surface area contributed by atoms with Crippen molar-refractivity contribution in [2.45, 2.75) is 44.7 Å². The SMILES string of the molecule is O=C1CCC[C@@H]2[C@H]1CCC(=O)N2Cc1ccccc1. The molecule has 3 rings (SSSR count). The molecule has 1 heterocycles. The Morgan fingerprint density at radius 2 is 1.84 bits per heavy atom. The van der Waals surface area contributed by atoms with E-state index in [9.17, 15) is 9.59 Å². The third-order valence-corrected chi connectivity index (χ3v) is 4.39. The fraction of sp³-hybridized carbons (Fsp3) is 0.500. The van der Waals surface area contributed by atoms with E-state index in [1.807, 2.05) is 35.2 Å². The van der Waals surface area contributed by atoms with Gasteiger partial charge in [0.1, 0.15) is 5.78 Å². The zero-order chi connectivity index (χ0) is 13.2. The molecular weight excluding hydrogens is 238 g/mol. The van der Waals surface area contributed by atoms with Crippen molar-refractivity contribution < 1.29 is 9.59 Å². The highest BCUT2D eigenvalue weighted by molar-refractivity contribution is 5.86. The van der Waals surface area contributed by atoms with Crippen molar-refractivity contribution in [3.63, 3.8) is 0 Å². The van der Waals surface area contributed by atoms with Crippen molar-refractivity contribution in [3.05, 3.63) is 35.9 Å². The molecule has 2 aliphatic rings. The number of rotatable bonds is 2. The summed E-state index contributed by atoms with van der Waals surface area (Å²) in [6.07, 6.45) is 3.90. The molecule has 2 fully saturated rings. The lowest BCUT2D eigenvalue weighted by atomic mass is 9.77. The van der Waals surface area contributed by atoms with E-state index in [1.165, 1.54) is 0 Å². The van der Waals surface area contributed by atoms with E-state index >= 15 is 0 Å². The van der Waals surface area contributed by atoms with E-state index in [4.69, 9.17) is 0 Å². The van der Waals surface area contributed by atoms with Crippen LogP contribution in [0.2, 0.25) is 0 Å². The number of carbonyl (C=O) groups is 2. The largest absolute Gasteiger partial charge is 0.335 e. The molecule has 3 nitrogen and oxygen atoms in total. The topological polar surface area (TPSA) is 37.4 Å². The number of hydrogen-bond donors (Lipinski definition) is 0.